The van der Waals surface area contributed by atoms with Gasteiger partial charge in [0.25, 0.3) is 0 Å². The molecule has 1 heterocycles. The predicted molar refractivity (Wildman–Crippen MR) is 110 cm³/mol. The Morgan fingerprint density at radius 3 is 1.94 bits per heavy atom. The van der Waals surface area contributed by atoms with Crippen LogP contribution in [0.5, 0.6) is 0 Å². The van der Waals surface area contributed by atoms with Crippen molar-refractivity contribution < 1.29 is 31.6 Å². The fourth-order valence-electron chi connectivity index (χ4n) is 3.69. The van der Waals surface area contributed by atoms with Crippen LogP contribution < -0.4 is 0 Å². The second kappa shape index (κ2) is 9.01. The summed E-state index contributed by atoms with van der Waals surface area (Å²) in [5.41, 5.74) is 0.738. The van der Waals surface area contributed by atoms with Gasteiger partial charge in [-0.25, -0.2) is 13.6 Å². The Balaban J connectivity index is 1.82. The highest BCUT2D eigenvalue weighted by molar-refractivity contribution is 5.88. The summed E-state index contributed by atoms with van der Waals surface area (Å²) in [4.78, 5) is 21.0. The van der Waals surface area contributed by atoms with Crippen LogP contribution in [0.1, 0.15) is 28.8 Å². The minimum atomic E-state index is -5.28. The summed E-state index contributed by atoms with van der Waals surface area (Å²) >= 11 is 0. The summed E-state index contributed by atoms with van der Waals surface area (Å²) in [7, 11) is 0. The number of hydrogen-bond acceptors (Lipinski definition) is 4. The lowest BCUT2D eigenvalue weighted by molar-refractivity contribution is -0.230. The van der Waals surface area contributed by atoms with Crippen molar-refractivity contribution in [3.05, 3.63) is 107 Å². The fourth-order valence-corrected chi connectivity index (χ4v) is 3.69. The number of hydrogen-bond donors (Lipinski definition) is 0. The van der Waals surface area contributed by atoms with Gasteiger partial charge in [0.15, 0.2) is 0 Å². The second-order valence-electron chi connectivity index (χ2n) is 7.34. The van der Waals surface area contributed by atoms with E-state index >= 15 is 0 Å². The molecule has 9 heteroatoms. The van der Waals surface area contributed by atoms with Gasteiger partial charge >= 0.3 is 12.1 Å². The van der Waals surface area contributed by atoms with Crippen molar-refractivity contribution in [2.24, 2.45) is 4.99 Å². The third-order valence-corrected chi connectivity index (χ3v) is 5.19. The molecule has 33 heavy (non-hydrogen) atoms. The molecule has 4 nitrogen and oxygen atoms in total. The summed E-state index contributed by atoms with van der Waals surface area (Å²) in [5, 5.41) is 0.717. The van der Waals surface area contributed by atoms with Crippen LogP contribution in [0.4, 0.5) is 22.0 Å². The van der Waals surface area contributed by atoms with E-state index in [9.17, 15) is 26.7 Å². The van der Waals surface area contributed by atoms with E-state index < -0.39 is 47.8 Å². The molecule has 2 atom stereocenters. The Hall–Kier alpha value is -3.75. The maximum absolute atomic E-state index is 14.3. The monoisotopic (exact) mass is 460 g/mol. The van der Waals surface area contributed by atoms with Gasteiger partial charge in [-0.2, -0.15) is 18.2 Å². The highest BCUT2D eigenvalue weighted by atomic mass is 19.4. The Bertz CT molecular complexity index is 1150. The number of halogens is 5. The van der Waals surface area contributed by atoms with E-state index in [4.69, 9.17) is 4.84 Å². The number of amidine groups is 1. The van der Waals surface area contributed by atoms with Crippen molar-refractivity contribution in [1.29, 1.82) is 0 Å². The van der Waals surface area contributed by atoms with Gasteiger partial charge in [-0.1, -0.05) is 66.7 Å². The average Bonchev–Trinajstić information content (AvgIpc) is 3.15. The van der Waals surface area contributed by atoms with Crippen molar-refractivity contribution in [2.75, 3.05) is 0 Å². The number of carbonyl (C=O) groups is 1. The van der Waals surface area contributed by atoms with E-state index in [1.165, 1.54) is 6.07 Å². The van der Waals surface area contributed by atoms with Crippen molar-refractivity contribution in [3.63, 3.8) is 0 Å². The number of aliphatic imine (C=N–C) groups is 1. The van der Waals surface area contributed by atoms with Crippen LogP contribution in [-0.4, -0.2) is 23.0 Å². The number of hydroxylamine groups is 2. The first-order valence-corrected chi connectivity index (χ1v) is 9.93. The molecule has 1 aliphatic rings. The van der Waals surface area contributed by atoms with Crippen LogP contribution in [0, 0.1) is 11.6 Å². The van der Waals surface area contributed by atoms with Crippen LogP contribution in [0.2, 0.25) is 0 Å². The molecule has 2 unspecified atom stereocenters. The minimum absolute atomic E-state index is 0.209. The van der Waals surface area contributed by atoms with Gasteiger partial charge in [0, 0.05) is 12.0 Å². The third-order valence-electron chi connectivity index (χ3n) is 5.19. The Labute approximate surface area is 185 Å². The summed E-state index contributed by atoms with van der Waals surface area (Å²) in [6.45, 7) is 0. The maximum atomic E-state index is 14.3. The lowest BCUT2D eigenvalue weighted by atomic mass is 9.94. The first-order chi connectivity index (χ1) is 15.8. The molecule has 0 bridgehead atoms. The fraction of sp³-hybridized carbons (Fsp3) is 0.167. The SMILES string of the molecule is O=C(ON1C(Cc2c(F)cccc2F)=NC(c2ccccc2)C1c1ccccc1)C(F)(F)F. The standard InChI is InChI=1S/C24H17F5N2O2/c25-18-12-7-13-19(26)17(18)14-20-30-21(15-8-3-1-4-9-15)22(16-10-5-2-6-11-16)31(20)33-23(32)24(27,28)29/h1-13,21-22H,14H2. The molecule has 0 radical (unpaired) electrons. The summed E-state index contributed by atoms with van der Waals surface area (Å²) in [6, 6.07) is 18.5. The van der Waals surface area contributed by atoms with Gasteiger partial charge < -0.3 is 4.84 Å². The molecule has 0 saturated heterocycles. The minimum Gasteiger partial charge on any atom is -0.330 e. The van der Waals surface area contributed by atoms with Crippen molar-refractivity contribution in [3.8, 4) is 0 Å². The number of benzene rings is 3. The quantitative estimate of drug-likeness (QED) is 0.457. The molecule has 0 saturated carbocycles. The van der Waals surface area contributed by atoms with Crippen LogP contribution in [0.25, 0.3) is 0 Å². The highest BCUT2D eigenvalue weighted by Crippen LogP contribution is 2.43. The molecule has 4 rings (SSSR count). The van der Waals surface area contributed by atoms with E-state index in [1.54, 1.807) is 60.7 Å². The molecule has 0 aliphatic carbocycles. The lowest BCUT2D eigenvalue weighted by Crippen LogP contribution is -2.39. The number of rotatable bonds is 5. The molecule has 170 valence electrons. The van der Waals surface area contributed by atoms with Gasteiger partial charge in [0.2, 0.25) is 0 Å². The number of alkyl halides is 3. The molecular weight excluding hydrogens is 443 g/mol. The molecule has 3 aromatic carbocycles. The number of nitrogens with zero attached hydrogens (tertiary/aromatic N) is 2. The van der Waals surface area contributed by atoms with Crippen molar-refractivity contribution in [1.82, 2.24) is 5.06 Å². The van der Waals surface area contributed by atoms with Crippen molar-refractivity contribution >= 4 is 11.8 Å². The molecule has 0 aromatic heterocycles. The van der Waals surface area contributed by atoms with Gasteiger partial charge in [0.1, 0.15) is 29.6 Å². The van der Waals surface area contributed by atoms with E-state index in [0.29, 0.717) is 16.2 Å². The zero-order chi connectivity index (χ0) is 23.6. The van der Waals surface area contributed by atoms with Crippen LogP contribution in [0.3, 0.4) is 0 Å². The predicted octanol–water partition coefficient (Wildman–Crippen LogP) is 5.72. The Kier molecular flexibility index (Phi) is 6.13. The van der Waals surface area contributed by atoms with E-state index in [2.05, 4.69) is 4.99 Å². The Morgan fingerprint density at radius 2 is 1.39 bits per heavy atom. The molecule has 0 amide bonds. The molecular formula is C24H17F5N2O2. The van der Waals surface area contributed by atoms with E-state index in [-0.39, 0.29) is 5.84 Å². The topological polar surface area (TPSA) is 41.9 Å². The third kappa shape index (κ3) is 4.72. The van der Waals surface area contributed by atoms with E-state index in [0.717, 1.165) is 12.1 Å². The van der Waals surface area contributed by atoms with E-state index in [1.807, 2.05) is 0 Å². The summed E-state index contributed by atoms with van der Waals surface area (Å²) < 4.78 is 67.9. The summed E-state index contributed by atoms with van der Waals surface area (Å²) in [5.74, 6) is -4.45. The molecule has 0 fully saturated rings. The maximum Gasteiger partial charge on any atom is 0.493 e. The van der Waals surface area contributed by atoms with Crippen LogP contribution in [-0.2, 0) is 16.1 Å². The van der Waals surface area contributed by atoms with Gasteiger partial charge in [-0.15, -0.1) is 0 Å². The smallest absolute Gasteiger partial charge is 0.330 e. The normalized spacial score (nSPS) is 18.2. The summed E-state index contributed by atoms with van der Waals surface area (Å²) in [6.07, 6.45) is -5.79. The first-order valence-electron chi connectivity index (χ1n) is 9.93. The zero-order valence-corrected chi connectivity index (χ0v) is 17.0. The van der Waals surface area contributed by atoms with Crippen molar-refractivity contribution in [2.45, 2.75) is 24.7 Å². The molecule has 0 N–H and O–H groups in total. The zero-order valence-electron chi connectivity index (χ0n) is 17.0. The second-order valence-corrected chi connectivity index (χ2v) is 7.34. The Morgan fingerprint density at radius 1 is 0.848 bits per heavy atom. The van der Waals surface area contributed by atoms with Crippen LogP contribution in [0.15, 0.2) is 83.9 Å². The van der Waals surface area contributed by atoms with Crippen LogP contribution >= 0.6 is 0 Å². The largest absolute Gasteiger partial charge is 0.493 e. The highest BCUT2D eigenvalue weighted by Gasteiger charge is 2.47. The molecule has 1 aliphatic heterocycles. The molecule has 0 spiro atoms. The first kappa shape index (κ1) is 22.4. The number of carbonyl (C=O) groups excluding carboxylic acids is 1. The average molecular weight is 460 g/mol. The van der Waals surface area contributed by atoms with Gasteiger partial charge in [-0.05, 0) is 23.3 Å². The molecule has 3 aromatic rings. The van der Waals surface area contributed by atoms with Gasteiger partial charge in [-0.3, -0.25) is 4.99 Å². The van der Waals surface area contributed by atoms with Gasteiger partial charge in [0.05, 0.1) is 0 Å². The lowest BCUT2D eigenvalue weighted by Gasteiger charge is -2.29.